The van der Waals surface area contributed by atoms with Crippen LogP contribution in [0.25, 0.3) is 0 Å². The fourth-order valence-corrected chi connectivity index (χ4v) is 8.04. The van der Waals surface area contributed by atoms with Crippen molar-refractivity contribution in [3.8, 4) is 0 Å². The van der Waals surface area contributed by atoms with Crippen LogP contribution in [0, 0.1) is 0 Å². The van der Waals surface area contributed by atoms with E-state index >= 15 is 0 Å². The number of hydrogen-bond acceptors (Lipinski definition) is 2. The van der Waals surface area contributed by atoms with Gasteiger partial charge in [-0.15, -0.1) is 0 Å². The Kier molecular flexibility index (Phi) is 4.64. The van der Waals surface area contributed by atoms with Crippen LogP contribution in [0.2, 0.25) is 5.04 Å². The van der Waals surface area contributed by atoms with Crippen molar-refractivity contribution in [1.82, 2.24) is 0 Å². The van der Waals surface area contributed by atoms with Gasteiger partial charge in [-0.1, -0.05) is 81.4 Å². The van der Waals surface area contributed by atoms with Gasteiger partial charge in [0, 0.05) is 0 Å². The molecule has 0 amide bonds. The maximum Gasteiger partial charge on any atom is 0.261 e. The molecule has 0 unspecified atom stereocenters. The van der Waals surface area contributed by atoms with E-state index in [1.54, 1.807) is 0 Å². The van der Waals surface area contributed by atoms with Crippen LogP contribution < -0.4 is 10.4 Å². The first kappa shape index (κ1) is 17.3. The Morgan fingerprint density at radius 3 is 1.75 bits per heavy atom. The molecule has 0 atom stereocenters. The minimum absolute atomic E-state index is 0.0836. The third-order valence-corrected chi connectivity index (χ3v) is 9.67. The van der Waals surface area contributed by atoms with Gasteiger partial charge in [0.05, 0.1) is 19.8 Å². The zero-order valence-electron chi connectivity index (χ0n) is 14.6. The molecule has 1 aliphatic heterocycles. The van der Waals surface area contributed by atoms with E-state index in [1.807, 2.05) is 36.4 Å². The summed E-state index contributed by atoms with van der Waals surface area (Å²) in [6.45, 7) is 6.93. The van der Waals surface area contributed by atoms with Crippen molar-refractivity contribution in [1.29, 1.82) is 0 Å². The quantitative estimate of drug-likeness (QED) is 0.775. The molecule has 24 heavy (non-hydrogen) atoms. The Morgan fingerprint density at radius 1 is 0.958 bits per heavy atom. The molecule has 0 N–H and O–H groups in total. The summed E-state index contributed by atoms with van der Waals surface area (Å²) in [5.41, 5.74) is -1.35. The van der Waals surface area contributed by atoms with E-state index in [9.17, 15) is 4.39 Å². The summed E-state index contributed by atoms with van der Waals surface area (Å²) in [6.07, 6.45) is 0. The molecular formula is C20H25FO2Si. The first-order valence-electron chi connectivity index (χ1n) is 8.39. The summed E-state index contributed by atoms with van der Waals surface area (Å²) >= 11 is 0. The SMILES string of the molecule is CC(C)(C)[Si](OCC1(F)COC1)(c1ccccc1)c1ccccc1. The van der Waals surface area contributed by atoms with Crippen molar-refractivity contribution in [2.24, 2.45) is 0 Å². The van der Waals surface area contributed by atoms with Gasteiger partial charge in [-0.05, 0) is 15.4 Å². The highest BCUT2D eigenvalue weighted by Crippen LogP contribution is 2.38. The smallest absolute Gasteiger partial charge is 0.261 e. The summed E-state index contributed by atoms with van der Waals surface area (Å²) in [5.74, 6) is 0. The molecule has 0 radical (unpaired) electrons. The number of alkyl halides is 1. The standard InChI is InChI=1S/C20H25FO2Si/c1-19(2,3)24(17-10-6-4-7-11-17,18-12-8-5-9-13-18)23-16-20(21)14-22-15-20/h4-13H,14-16H2,1-3H3. The fraction of sp³-hybridized carbons (Fsp3) is 0.400. The topological polar surface area (TPSA) is 18.5 Å². The molecule has 2 aromatic rings. The molecule has 0 saturated carbocycles. The van der Waals surface area contributed by atoms with Crippen molar-refractivity contribution in [3.05, 3.63) is 60.7 Å². The highest BCUT2D eigenvalue weighted by atomic mass is 28.4. The second-order valence-corrected chi connectivity index (χ2v) is 11.9. The van der Waals surface area contributed by atoms with Gasteiger partial charge in [0.2, 0.25) is 0 Å². The summed E-state index contributed by atoms with van der Waals surface area (Å²) in [4.78, 5) is 0. The molecule has 3 rings (SSSR count). The molecule has 0 aliphatic carbocycles. The third-order valence-electron chi connectivity index (χ3n) is 4.69. The van der Waals surface area contributed by atoms with Crippen LogP contribution in [0.3, 0.4) is 0 Å². The minimum atomic E-state index is -2.64. The van der Waals surface area contributed by atoms with Crippen molar-refractivity contribution in [2.45, 2.75) is 31.5 Å². The zero-order valence-corrected chi connectivity index (χ0v) is 15.6. The lowest BCUT2D eigenvalue weighted by molar-refractivity contribution is -0.147. The van der Waals surface area contributed by atoms with Crippen molar-refractivity contribution in [3.63, 3.8) is 0 Å². The van der Waals surface area contributed by atoms with E-state index in [0.717, 1.165) is 0 Å². The van der Waals surface area contributed by atoms with E-state index in [4.69, 9.17) is 9.16 Å². The molecule has 2 nitrogen and oxygen atoms in total. The summed E-state index contributed by atoms with van der Waals surface area (Å²) in [7, 11) is -2.64. The maximum absolute atomic E-state index is 14.6. The number of halogens is 1. The first-order chi connectivity index (χ1) is 11.4. The van der Waals surface area contributed by atoms with E-state index in [2.05, 4.69) is 45.0 Å². The molecule has 2 aromatic carbocycles. The van der Waals surface area contributed by atoms with Crippen molar-refractivity contribution >= 4 is 18.7 Å². The van der Waals surface area contributed by atoms with E-state index < -0.39 is 14.0 Å². The van der Waals surface area contributed by atoms with Crippen LogP contribution in [0.5, 0.6) is 0 Å². The van der Waals surface area contributed by atoms with Gasteiger partial charge in [-0.3, -0.25) is 0 Å². The number of hydrogen-bond donors (Lipinski definition) is 0. The van der Waals surface area contributed by atoms with Gasteiger partial charge in [-0.2, -0.15) is 0 Å². The van der Waals surface area contributed by atoms with Crippen LogP contribution in [0.4, 0.5) is 4.39 Å². The van der Waals surface area contributed by atoms with Gasteiger partial charge < -0.3 is 9.16 Å². The van der Waals surface area contributed by atoms with Gasteiger partial charge >= 0.3 is 0 Å². The lowest BCUT2D eigenvalue weighted by Gasteiger charge is -2.45. The molecule has 0 spiro atoms. The molecule has 1 aliphatic rings. The average molecular weight is 345 g/mol. The van der Waals surface area contributed by atoms with Crippen LogP contribution in [0.1, 0.15) is 20.8 Å². The molecule has 0 aromatic heterocycles. The predicted octanol–water partition coefficient (Wildman–Crippen LogP) is 3.30. The summed E-state index contributed by atoms with van der Waals surface area (Å²) < 4.78 is 26.2. The van der Waals surface area contributed by atoms with Crippen LogP contribution in [-0.4, -0.2) is 33.8 Å². The average Bonchev–Trinajstić information content (AvgIpc) is 2.54. The lowest BCUT2D eigenvalue weighted by atomic mass is 10.1. The van der Waals surface area contributed by atoms with E-state index in [0.29, 0.717) is 0 Å². The molecule has 128 valence electrons. The maximum atomic E-state index is 14.6. The second-order valence-electron chi connectivity index (χ2n) is 7.60. The zero-order chi connectivity index (χ0) is 17.3. The molecule has 4 heteroatoms. The summed E-state index contributed by atoms with van der Waals surface area (Å²) in [5, 5.41) is 2.22. The Hall–Kier alpha value is -1.49. The van der Waals surface area contributed by atoms with Crippen LogP contribution in [0.15, 0.2) is 60.7 Å². The monoisotopic (exact) mass is 344 g/mol. The number of ether oxygens (including phenoxy) is 1. The largest absolute Gasteiger partial charge is 0.404 e. The van der Waals surface area contributed by atoms with E-state index in [1.165, 1.54) is 10.4 Å². The Labute approximate surface area is 144 Å². The Morgan fingerprint density at radius 2 is 1.42 bits per heavy atom. The van der Waals surface area contributed by atoms with Crippen LogP contribution >= 0.6 is 0 Å². The third kappa shape index (κ3) is 3.06. The van der Waals surface area contributed by atoms with Crippen molar-refractivity contribution in [2.75, 3.05) is 19.8 Å². The van der Waals surface area contributed by atoms with Crippen LogP contribution in [-0.2, 0) is 9.16 Å². The molecule has 0 bridgehead atoms. The highest BCUT2D eigenvalue weighted by Gasteiger charge is 2.52. The fourth-order valence-electron chi connectivity index (χ4n) is 3.41. The summed E-state index contributed by atoms with van der Waals surface area (Å²) in [6, 6.07) is 20.6. The van der Waals surface area contributed by atoms with E-state index in [-0.39, 0.29) is 24.9 Å². The highest BCUT2D eigenvalue weighted by molar-refractivity contribution is 6.99. The Balaban J connectivity index is 2.10. The van der Waals surface area contributed by atoms with Gasteiger partial charge in [0.25, 0.3) is 8.32 Å². The first-order valence-corrected chi connectivity index (χ1v) is 10.3. The van der Waals surface area contributed by atoms with Gasteiger partial charge in [0.15, 0.2) is 5.67 Å². The number of rotatable bonds is 5. The predicted molar refractivity (Wildman–Crippen MR) is 98.2 cm³/mol. The van der Waals surface area contributed by atoms with Gasteiger partial charge in [-0.25, -0.2) is 4.39 Å². The normalized spacial score (nSPS) is 17.3. The molecule has 1 fully saturated rings. The Bertz CT molecular complexity index is 624. The minimum Gasteiger partial charge on any atom is -0.404 e. The molecular weight excluding hydrogens is 319 g/mol. The lowest BCUT2D eigenvalue weighted by Crippen LogP contribution is -2.68. The molecule has 1 saturated heterocycles. The number of benzene rings is 2. The second kappa shape index (κ2) is 6.43. The van der Waals surface area contributed by atoms with Crippen molar-refractivity contribution < 1.29 is 13.6 Å². The molecule has 1 heterocycles. The van der Waals surface area contributed by atoms with Gasteiger partial charge in [0.1, 0.15) is 0 Å².